The van der Waals surface area contributed by atoms with Crippen LogP contribution in [0.5, 0.6) is 5.75 Å². The van der Waals surface area contributed by atoms with Gasteiger partial charge in [-0.15, -0.1) is 0 Å². The molecule has 84 valence electrons. The summed E-state index contributed by atoms with van der Waals surface area (Å²) in [6.07, 6.45) is 0. The van der Waals surface area contributed by atoms with Crippen molar-refractivity contribution in [2.75, 3.05) is 13.7 Å². The van der Waals surface area contributed by atoms with E-state index in [2.05, 4.69) is 28.9 Å². The molecule has 0 unspecified atom stereocenters. The largest absolute Gasteiger partial charge is 0.497 e. The van der Waals surface area contributed by atoms with Gasteiger partial charge in [0, 0.05) is 36.8 Å². The van der Waals surface area contributed by atoms with Crippen molar-refractivity contribution in [3.8, 4) is 5.75 Å². The highest BCUT2D eigenvalue weighted by atomic mass is 16.5. The van der Waals surface area contributed by atoms with Crippen LogP contribution in [0.4, 0.5) is 0 Å². The van der Waals surface area contributed by atoms with E-state index in [0.29, 0.717) is 0 Å². The van der Waals surface area contributed by atoms with Gasteiger partial charge in [-0.3, -0.25) is 0 Å². The van der Waals surface area contributed by atoms with E-state index in [-0.39, 0.29) is 0 Å². The summed E-state index contributed by atoms with van der Waals surface area (Å²) in [5, 5.41) is 4.77. The highest BCUT2D eigenvalue weighted by molar-refractivity contribution is 5.86. The first-order chi connectivity index (χ1) is 7.81. The van der Waals surface area contributed by atoms with Crippen molar-refractivity contribution in [3.63, 3.8) is 0 Å². The summed E-state index contributed by atoms with van der Waals surface area (Å²) in [6, 6.07) is 6.33. The van der Waals surface area contributed by atoms with Crippen LogP contribution >= 0.6 is 0 Å². The molecule has 0 amide bonds. The number of fused-ring (bicyclic) bond motifs is 3. The summed E-state index contributed by atoms with van der Waals surface area (Å²) in [4.78, 5) is 0. The van der Waals surface area contributed by atoms with Crippen LogP contribution in [0.25, 0.3) is 10.9 Å². The second-order valence-electron chi connectivity index (χ2n) is 4.28. The average Bonchev–Trinajstić information content (AvgIpc) is 2.64. The molecule has 0 fully saturated rings. The Morgan fingerprint density at radius 1 is 1.38 bits per heavy atom. The molecule has 1 aromatic heterocycles. The zero-order valence-electron chi connectivity index (χ0n) is 9.71. The number of nitrogens with one attached hydrogen (secondary N) is 1. The van der Waals surface area contributed by atoms with Crippen LogP contribution in [0.1, 0.15) is 11.3 Å². The highest BCUT2D eigenvalue weighted by Crippen LogP contribution is 2.29. The van der Waals surface area contributed by atoms with E-state index < -0.39 is 0 Å². The van der Waals surface area contributed by atoms with Gasteiger partial charge in [-0.1, -0.05) is 0 Å². The Hall–Kier alpha value is -1.48. The molecule has 2 heterocycles. The van der Waals surface area contributed by atoms with Gasteiger partial charge in [-0.25, -0.2) is 0 Å². The van der Waals surface area contributed by atoms with Crippen molar-refractivity contribution in [1.82, 2.24) is 9.88 Å². The molecule has 0 radical (unpaired) electrons. The first-order valence-corrected chi connectivity index (χ1v) is 5.67. The van der Waals surface area contributed by atoms with Crippen molar-refractivity contribution >= 4 is 10.9 Å². The van der Waals surface area contributed by atoms with E-state index in [1.165, 1.54) is 22.2 Å². The Labute approximate surface area is 95.0 Å². The maximum absolute atomic E-state index is 5.29. The Balaban J connectivity index is 2.31. The number of hydrogen-bond acceptors (Lipinski definition) is 2. The first kappa shape index (κ1) is 9.73. The van der Waals surface area contributed by atoms with E-state index in [9.17, 15) is 0 Å². The first-order valence-electron chi connectivity index (χ1n) is 5.67. The molecule has 3 rings (SSSR count). The van der Waals surface area contributed by atoms with E-state index in [0.717, 1.165) is 25.4 Å². The number of methoxy groups -OCH3 is 1. The lowest BCUT2D eigenvalue weighted by atomic mass is 10.1. The lowest BCUT2D eigenvalue weighted by molar-refractivity contribution is 0.415. The van der Waals surface area contributed by atoms with Gasteiger partial charge in [-0.05, 0) is 24.6 Å². The van der Waals surface area contributed by atoms with Crippen molar-refractivity contribution in [3.05, 3.63) is 29.5 Å². The van der Waals surface area contributed by atoms with Crippen LogP contribution in [0.3, 0.4) is 0 Å². The molecule has 2 aromatic rings. The van der Waals surface area contributed by atoms with E-state index in [4.69, 9.17) is 4.74 Å². The fourth-order valence-corrected chi connectivity index (χ4v) is 2.56. The quantitative estimate of drug-likeness (QED) is 0.789. The summed E-state index contributed by atoms with van der Waals surface area (Å²) in [5.74, 6) is 0.936. The minimum absolute atomic E-state index is 0.936. The summed E-state index contributed by atoms with van der Waals surface area (Å²) < 4.78 is 7.70. The van der Waals surface area contributed by atoms with E-state index >= 15 is 0 Å². The molecule has 3 heteroatoms. The normalized spacial score (nSPS) is 15.1. The highest BCUT2D eigenvalue weighted by Gasteiger charge is 2.16. The molecular formula is C13H16N2O. The zero-order valence-corrected chi connectivity index (χ0v) is 9.71. The SMILES string of the molecule is COc1ccc2c(C)c3n(c2c1)CCNC3. The standard InChI is InChI=1S/C13H16N2O/c1-9-11-4-3-10(16-2)7-12(11)15-6-5-14-8-13(9)15/h3-4,7,14H,5-6,8H2,1-2H3. The topological polar surface area (TPSA) is 26.2 Å². The third-order valence-electron chi connectivity index (χ3n) is 3.46. The van der Waals surface area contributed by atoms with Gasteiger partial charge in [0.1, 0.15) is 5.75 Å². The van der Waals surface area contributed by atoms with Crippen LogP contribution in [0.15, 0.2) is 18.2 Å². The van der Waals surface area contributed by atoms with Crippen LogP contribution in [0.2, 0.25) is 0 Å². The number of aryl methyl sites for hydroxylation is 1. The Bertz CT molecular complexity index is 542. The van der Waals surface area contributed by atoms with Crippen LogP contribution in [-0.4, -0.2) is 18.2 Å². The number of ether oxygens (including phenoxy) is 1. The summed E-state index contributed by atoms with van der Waals surface area (Å²) in [7, 11) is 1.72. The van der Waals surface area contributed by atoms with Gasteiger partial charge in [0.2, 0.25) is 0 Å². The van der Waals surface area contributed by atoms with Crippen LogP contribution in [0, 0.1) is 6.92 Å². The Morgan fingerprint density at radius 3 is 3.06 bits per heavy atom. The predicted octanol–water partition coefficient (Wildman–Crippen LogP) is 2.06. The van der Waals surface area contributed by atoms with Gasteiger partial charge in [0.15, 0.2) is 0 Å². The molecule has 0 spiro atoms. The third-order valence-corrected chi connectivity index (χ3v) is 3.46. The van der Waals surface area contributed by atoms with Crippen molar-refractivity contribution in [2.24, 2.45) is 0 Å². The van der Waals surface area contributed by atoms with Gasteiger partial charge in [0.25, 0.3) is 0 Å². The molecule has 0 bridgehead atoms. The molecule has 0 aliphatic carbocycles. The molecule has 1 aliphatic heterocycles. The molecule has 3 nitrogen and oxygen atoms in total. The van der Waals surface area contributed by atoms with E-state index in [1.807, 2.05) is 6.07 Å². The maximum Gasteiger partial charge on any atom is 0.120 e. The minimum Gasteiger partial charge on any atom is -0.497 e. The molecular weight excluding hydrogens is 200 g/mol. The van der Waals surface area contributed by atoms with Gasteiger partial charge in [0.05, 0.1) is 12.6 Å². The molecule has 16 heavy (non-hydrogen) atoms. The van der Waals surface area contributed by atoms with E-state index in [1.54, 1.807) is 7.11 Å². The van der Waals surface area contributed by atoms with Crippen molar-refractivity contribution < 1.29 is 4.74 Å². The molecule has 0 saturated carbocycles. The summed E-state index contributed by atoms with van der Waals surface area (Å²) in [6.45, 7) is 5.27. The summed E-state index contributed by atoms with van der Waals surface area (Å²) in [5.41, 5.74) is 4.10. The number of hydrogen-bond donors (Lipinski definition) is 1. The third kappa shape index (κ3) is 1.25. The molecule has 1 aromatic carbocycles. The minimum atomic E-state index is 0.936. The Morgan fingerprint density at radius 2 is 2.25 bits per heavy atom. The maximum atomic E-state index is 5.29. The lowest BCUT2D eigenvalue weighted by Gasteiger charge is -2.18. The van der Waals surface area contributed by atoms with Gasteiger partial charge < -0.3 is 14.6 Å². The number of benzene rings is 1. The monoisotopic (exact) mass is 216 g/mol. The van der Waals surface area contributed by atoms with Gasteiger partial charge in [-0.2, -0.15) is 0 Å². The fourth-order valence-electron chi connectivity index (χ4n) is 2.56. The van der Waals surface area contributed by atoms with Crippen molar-refractivity contribution in [1.29, 1.82) is 0 Å². The number of rotatable bonds is 1. The smallest absolute Gasteiger partial charge is 0.120 e. The Kier molecular flexibility index (Phi) is 2.14. The second-order valence-corrected chi connectivity index (χ2v) is 4.28. The summed E-state index contributed by atoms with van der Waals surface area (Å²) >= 11 is 0. The second kappa shape index (κ2) is 3.52. The lowest BCUT2D eigenvalue weighted by Crippen LogP contribution is -2.27. The van der Waals surface area contributed by atoms with Crippen molar-refractivity contribution in [2.45, 2.75) is 20.0 Å². The molecule has 1 N–H and O–H groups in total. The van der Waals surface area contributed by atoms with Crippen LogP contribution < -0.4 is 10.1 Å². The van der Waals surface area contributed by atoms with Gasteiger partial charge >= 0.3 is 0 Å². The molecule has 0 atom stereocenters. The molecule has 0 saturated heterocycles. The molecule has 1 aliphatic rings. The number of nitrogens with zero attached hydrogens (tertiary/aromatic N) is 1. The predicted molar refractivity (Wildman–Crippen MR) is 64.9 cm³/mol. The number of aromatic nitrogens is 1. The zero-order chi connectivity index (χ0) is 11.1. The van der Waals surface area contributed by atoms with Crippen LogP contribution in [-0.2, 0) is 13.1 Å². The average molecular weight is 216 g/mol. The fraction of sp³-hybridized carbons (Fsp3) is 0.385.